The maximum absolute atomic E-state index is 11.8. The Kier molecular flexibility index (Phi) is 4.66. The SMILES string of the molecule is COC(=O)C1CSC(c2ccccc2)=CC1N(C)C. The van der Waals surface area contributed by atoms with Gasteiger partial charge in [-0.15, -0.1) is 11.8 Å². The normalized spacial score (nSPS) is 23.1. The fourth-order valence-electron chi connectivity index (χ4n) is 2.25. The minimum atomic E-state index is -0.130. The van der Waals surface area contributed by atoms with Crippen LogP contribution >= 0.6 is 11.8 Å². The molecule has 102 valence electrons. The number of esters is 1. The molecule has 19 heavy (non-hydrogen) atoms. The van der Waals surface area contributed by atoms with Crippen LogP contribution in [-0.2, 0) is 9.53 Å². The van der Waals surface area contributed by atoms with Gasteiger partial charge < -0.3 is 9.64 Å². The number of likely N-dealkylation sites (N-methyl/N-ethyl adjacent to an activating group) is 1. The number of carbonyl (C=O) groups excluding carboxylic acids is 1. The van der Waals surface area contributed by atoms with Gasteiger partial charge in [0, 0.05) is 16.7 Å². The van der Waals surface area contributed by atoms with Crippen molar-refractivity contribution in [2.75, 3.05) is 27.0 Å². The second-order valence-corrected chi connectivity index (χ2v) is 5.85. The van der Waals surface area contributed by atoms with Crippen LogP contribution in [0.4, 0.5) is 0 Å². The summed E-state index contributed by atoms with van der Waals surface area (Å²) >= 11 is 1.72. The summed E-state index contributed by atoms with van der Waals surface area (Å²) in [4.78, 5) is 15.1. The van der Waals surface area contributed by atoms with Gasteiger partial charge in [-0.2, -0.15) is 0 Å². The first-order valence-electron chi connectivity index (χ1n) is 6.27. The van der Waals surface area contributed by atoms with E-state index in [-0.39, 0.29) is 17.9 Å². The third-order valence-corrected chi connectivity index (χ3v) is 4.52. The molecule has 1 aliphatic heterocycles. The van der Waals surface area contributed by atoms with Crippen molar-refractivity contribution in [3.05, 3.63) is 42.0 Å². The predicted octanol–water partition coefficient (Wildman–Crippen LogP) is 2.49. The molecule has 2 atom stereocenters. The molecule has 0 aliphatic carbocycles. The van der Waals surface area contributed by atoms with E-state index in [1.807, 2.05) is 32.3 Å². The van der Waals surface area contributed by atoms with E-state index < -0.39 is 0 Å². The van der Waals surface area contributed by atoms with Crippen molar-refractivity contribution in [2.45, 2.75) is 6.04 Å². The van der Waals surface area contributed by atoms with Crippen molar-refractivity contribution >= 4 is 22.6 Å². The van der Waals surface area contributed by atoms with Crippen LogP contribution in [-0.4, -0.2) is 43.9 Å². The van der Waals surface area contributed by atoms with Gasteiger partial charge in [-0.3, -0.25) is 4.79 Å². The van der Waals surface area contributed by atoms with E-state index >= 15 is 0 Å². The topological polar surface area (TPSA) is 29.5 Å². The summed E-state index contributed by atoms with van der Waals surface area (Å²) in [5.74, 6) is 0.531. The highest BCUT2D eigenvalue weighted by atomic mass is 32.2. The van der Waals surface area contributed by atoms with Gasteiger partial charge in [-0.1, -0.05) is 36.4 Å². The number of benzene rings is 1. The molecule has 4 heteroatoms. The van der Waals surface area contributed by atoms with Gasteiger partial charge in [0.1, 0.15) is 0 Å². The van der Waals surface area contributed by atoms with Crippen molar-refractivity contribution in [2.24, 2.45) is 5.92 Å². The van der Waals surface area contributed by atoms with Crippen molar-refractivity contribution in [1.29, 1.82) is 0 Å². The number of hydrogen-bond donors (Lipinski definition) is 0. The van der Waals surface area contributed by atoms with Gasteiger partial charge in [0.15, 0.2) is 0 Å². The highest BCUT2D eigenvalue weighted by molar-refractivity contribution is 8.08. The fraction of sp³-hybridized carbons (Fsp3) is 0.400. The minimum Gasteiger partial charge on any atom is -0.469 e. The third kappa shape index (κ3) is 3.19. The number of carbonyl (C=O) groups is 1. The maximum Gasteiger partial charge on any atom is 0.311 e. The predicted molar refractivity (Wildman–Crippen MR) is 79.9 cm³/mol. The van der Waals surface area contributed by atoms with Crippen LogP contribution in [0.3, 0.4) is 0 Å². The lowest BCUT2D eigenvalue weighted by Gasteiger charge is -2.32. The monoisotopic (exact) mass is 277 g/mol. The molecule has 0 bridgehead atoms. The maximum atomic E-state index is 11.8. The van der Waals surface area contributed by atoms with Crippen LogP contribution < -0.4 is 0 Å². The molecule has 0 saturated carbocycles. The van der Waals surface area contributed by atoms with E-state index in [9.17, 15) is 4.79 Å². The molecule has 0 amide bonds. The zero-order valence-corrected chi connectivity index (χ0v) is 12.3. The molecule has 2 rings (SSSR count). The Morgan fingerprint density at radius 2 is 2.00 bits per heavy atom. The lowest BCUT2D eigenvalue weighted by Crippen LogP contribution is -2.41. The third-order valence-electron chi connectivity index (χ3n) is 3.31. The standard InChI is InChI=1S/C15H19NO2S/c1-16(2)13-9-14(11-7-5-4-6-8-11)19-10-12(13)15(17)18-3/h4-9,12-13H,10H2,1-3H3. The number of nitrogens with zero attached hydrogens (tertiary/aromatic N) is 1. The smallest absolute Gasteiger partial charge is 0.311 e. The fourth-order valence-corrected chi connectivity index (χ4v) is 3.48. The van der Waals surface area contributed by atoms with Crippen LogP contribution in [0.25, 0.3) is 4.91 Å². The Hall–Kier alpha value is -1.26. The molecule has 1 aliphatic rings. The van der Waals surface area contributed by atoms with Crippen LogP contribution in [0.5, 0.6) is 0 Å². The quantitative estimate of drug-likeness (QED) is 0.794. The Morgan fingerprint density at radius 3 is 2.58 bits per heavy atom. The Labute approximate surface area is 118 Å². The second-order valence-electron chi connectivity index (χ2n) is 4.79. The number of thioether (sulfide) groups is 1. The van der Waals surface area contributed by atoms with Gasteiger partial charge >= 0.3 is 5.97 Å². The zero-order valence-electron chi connectivity index (χ0n) is 11.5. The Bertz CT molecular complexity index is 470. The minimum absolute atomic E-state index is 0.0870. The largest absolute Gasteiger partial charge is 0.469 e. The second kappa shape index (κ2) is 6.26. The van der Waals surface area contributed by atoms with Crippen LogP contribution in [0.2, 0.25) is 0 Å². The number of hydrogen-bond acceptors (Lipinski definition) is 4. The number of methoxy groups -OCH3 is 1. The average Bonchev–Trinajstić information content (AvgIpc) is 2.46. The molecule has 0 fully saturated rings. The molecule has 2 unspecified atom stereocenters. The first kappa shape index (κ1) is 14.2. The van der Waals surface area contributed by atoms with E-state index in [4.69, 9.17) is 4.74 Å². The van der Waals surface area contributed by atoms with Crippen LogP contribution in [0, 0.1) is 5.92 Å². The summed E-state index contributed by atoms with van der Waals surface area (Å²) < 4.78 is 4.90. The van der Waals surface area contributed by atoms with E-state index in [2.05, 4.69) is 23.1 Å². The summed E-state index contributed by atoms with van der Waals surface area (Å²) in [7, 11) is 5.45. The molecule has 1 heterocycles. The molecular weight excluding hydrogens is 258 g/mol. The van der Waals surface area contributed by atoms with Crippen LogP contribution in [0.1, 0.15) is 5.56 Å². The molecule has 1 aromatic carbocycles. The first-order chi connectivity index (χ1) is 9.13. The van der Waals surface area contributed by atoms with E-state index in [0.29, 0.717) is 0 Å². The Balaban J connectivity index is 2.28. The van der Waals surface area contributed by atoms with Gasteiger partial charge in [-0.25, -0.2) is 0 Å². The molecule has 1 aromatic rings. The van der Waals surface area contributed by atoms with Crippen molar-refractivity contribution in [1.82, 2.24) is 4.90 Å². The molecule has 0 saturated heterocycles. The zero-order chi connectivity index (χ0) is 13.8. The molecular formula is C15H19NO2S. The van der Waals surface area contributed by atoms with Gasteiger partial charge in [-0.05, 0) is 19.7 Å². The summed E-state index contributed by atoms with van der Waals surface area (Å²) in [6.45, 7) is 0. The van der Waals surface area contributed by atoms with Crippen LogP contribution in [0.15, 0.2) is 36.4 Å². The highest BCUT2D eigenvalue weighted by Crippen LogP contribution is 2.36. The van der Waals surface area contributed by atoms with Crippen molar-refractivity contribution in [3.63, 3.8) is 0 Å². The molecule has 0 spiro atoms. The Morgan fingerprint density at radius 1 is 1.32 bits per heavy atom. The van der Waals surface area contributed by atoms with E-state index in [1.165, 1.54) is 17.6 Å². The van der Waals surface area contributed by atoms with Crippen molar-refractivity contribution < 1.29 is 9.53 Å². The molecule has 3 nitrogen and oxygen atoms in total. The summed E-state index contributed by atoms with van der Waals surface area (Å²) in [5, 5.41) is 0. The van der Waals surface area contributed by atoms with Gasteiger partial charge in [0.2, 0.25) is 0 Å². The van der Waals surface area contributed by atoms with Crippen molar-refractivity contribution in [3.8, 4) is 0 Å². The molecule has 0 aromatic heterocycles. The highest BCUT2D eigenvalue weighted by Gasteiger charge is 2.33. The van der Waals surface area contributed by atoms with E-state index in [1.54, 1.807) is 11.8 Å². The van der Waals surface area contributed by atoms with Gasteiger partial charge in [0.25, 0.3) is 0 Å². The number of rotatable bonds is 3. The average molecular weight is 277 g/mol. The molecule has 0 N–H and O–H groups in total. The molecule has 0 radical (unpaired) electrons. The first-order valence-corrected chi connectivity index (χ1v) is 7.26. The summed E-state index contributed by atoms with van der Waals surface area (Å²) in [5.41, 5.74) is 1.21. The summed E-state index contributed by atoms with van der Waals surface area (Å²) in [6.07, 6.45) is 2.17. The lowest BCUT2D eigenvalue weighted by molar-refractivity contribution is -0.146. The van der Waals surface area contributed by atoms with Gasteiger partial charge in [0.05, 0.1) is 13.0 Å². The van der Waals surface area contributed by atoms with E-state index in [0.717, 1.165) is 5.75 Å². The lowest BCUT2D eigenvalue weighted by atomic mass is 9.98. The summed E-state index contributed by atoms with van der Waals surface area (Å²) in [6, 6.07) is 10.4. The number of ether oxygens (including phenoxy) is 1.